The number of aliphatic hydroxyl groups is 1. The Hall–Kier alpha value is -1.08. The Labute approximate surface area is 105 Å². The van der Waals surface area contributed by atoms with Crippen LogP contribution >= 0.6 is 12.6 Å². The van der Waals surface area contributed by atoms with Gasteiger partial charge in [0.05, 0.1) is 11.9 Å². The number of thiol groups is 1. The average molecular weight is 260 g/mol. The molecule has 6 nitrogen and oxygen atoms in total. The van der Waals surface area contributed by atoms with Gasteiger partial charge in [-0.05, 0) is 6.92 Å². The van der Waals surface area contributed by atoms with Crippen molar-refractivity contribution in [3.05, 3.63) is 0 Å². The Balaban J connectivity index is 2.38. The molecule has 1 rings (SSSR count). The van der Waals surface area contributed by atoms with Crippen LogP contribution in [-0.4, -0.2) is 52.2 Å². The van der Waals surface area contributed by atoms with Gasteiger partial charge in [-0.2, -0.15) is 12.6 Å². The molecule has 0 aliphatic carbocycles. The fourth-order valence-corrected chi connectivity index (χ4v) is 1.80. The first-order valence-corrected chi connectivity index (χ1v) is 5.89. The number of likely N-dealkylation sites (tertiary alicyclic amines) is 1. The molecule has 0 aromatic rings. The van der Waals surface area contributed by atoms with Crippen molar-refractivity contribution >= 4 is 30.4 Å². The van der Waals surface area contributed by atoms with Crippen molar-refractivity contribution in [2.45, 2.75) is 31.1 Å². The fraction of sp³-hybridized carbons (Fsp3) is 0.700. The van der Waals surface area contributed by atoms with E-state index in [1.54, 1.807) is 6.92 Å². The molecule has 2 unspecified atom stereocenters. The molecule has 7 heteroatoms. The van der Waals surface area contributed by atoms with Crippen LogP contribution in [0.25, 0.3) is 0 Å². The molecule has 1 saturated heterocycles. The number of nitrogens with zero attached hydrogens (tertiary/aromatic N) is 1. The lowest BCUT2D eigenvalue weighted by Gasteiger charge is -2.15. The van der Waals surface area contributed by atoms with Crippen molar-refractivity contribution in [3.63, 3.8) is 0 Å². The van der Waals surface area contributed by atoms with Gasteiger partial charge in [-0.1, -0.05) is 0 Å². The summed E-state index contributed by atoms with van der Waals surface area (Å²) in [5.74, 6) is -0.936. The van der Waals surface area contributed by atoms with E-state index in [1.807, 2.05) is 0 Å². The van der Waals surface area contributed by atoms with Gasteiger partial charge in [-0.3, -0.25) is 19.3 Å². The van der Waals surface area contributed by atoms with Crippen LogP contribution in [-0.2, 0) is 14.4 Å². The summed E-state index contributed by atoms with van der Waals surface area (Å²) in [6.45, 7) is 1.58. The summed E-state index contributed by atoms with van der Waals surface area (Å²) in [4.78, 5) is 35.3. The molecule has 0 aromatic carbocycles. The van der Waals surface area contributed by atoms with Gasteiger partial charge >= 0.3 is 0 Å². The second-order valence-corrected chi connectivity index (χ2v) is 4.63. The van der Waals surface area contributed by atoms with Gasteiger partial charge in [0.1, 0.15) is 0 Å². The van der Waals surface area contributed by atoms with Crippen LogP contribution in [0.4, 0.5) is 0 Å². The van der Waals surface area contributed by atoms with Crippen molar-refractivity contribution in [1.29, 1.82) is 0 Å². The zero-order valence-electron chi connectivity index (χ0n) is 9.55. The minimum atomic E-state index is -0.582. The van der Waals surface area contributed by atoms with Gasteiger partial charge in [0.2, 0.25) is 17.7 Å². The molecule has 0 bridgehead atoms. The predicted octanol–water partition coefficient (Wildman–Crippen LogP) is -1.07. The fourth-order valence-electron chi connectivity index (χ4n) is 1.51. The number of nitrogens with one attached hydrogen (secondary N) is 1. The molecule has 0 aromatic heterocycles. The summed E-state index contributed by atoms with van der Waals surface area (Å²) in [5, 5.41) is 10.7. The highest BCUT2D eigenvalue weighted by atomic mass is 32.1. The van der Waals surface area contributed by atoms with Crippen LogP contribution < -0.4 is 5.32 Å². The molecule has 2 atom stereocenters. The van der Waals surface area contributed by atoms with Gasteiger partial charge in [0, 0.05) is 25.4 Å². The lowest BCUT2D eigenvalue weighted by atomic mass is 10.3. The molecule has 1 aliphatic rings. The average Bonchev–Trinajstić information content (AvgIpc) is 2.51. The molecule has 1 aliphatic heterocycles. The Bertz CT molecular complexity index is 334. The summed E-state index contributed by atoms with van der Waals surface area (Å²) < 4.78 is 0. The maximum absolute atomic E-state index is 11.5. The quantitative estimate of drug-likeness (QED) is 0.434. The molecule has 0 saturated carbocycles. The molecule has 2 N–H and O–H groups in total. The Morgan fingerprint density at radius 1 is 1.65 bits per heavy atom. The molecule has 1 fully saturated rings. The van der Waals surface area contributed by atoms with E-state index in [0.717, 1.165) is 4.90 Å². The zero-order valence-corrected chi connectivity index (χ0v) is 10.4. The van der Waals surface area contributed by atoms with E-state index < -0.39 is 5.25 Å². The third-order valence-electron chi connectivity index (χ3n) is 2.46. The largest absolute Gasteiger partial charge is 0.394 e. The highest BCUT2D eigenvalue weighted by molar-refractivity contribution is 7.81. The number of carbonyl (C=O) groups excluding carboxylic acids is 3. The van der Waals surface area contributed by atoms with Crippen LogP contribution in [0.1, 0.15) is 19.8 Å². The maximum Gasteiger partial charge on any atom is 0.242 e. The summed E-state index contributed by atoms with van der Waals surface area (Å²) in [7, 11) is 0. The first-order chi connectivity index (χ1) is 7.95. The van der Waals surface area contributed by atoms with E-state index in [1.165, 1.54) is 0 Å². The monoisotopic (exact) mass is 260 g/mol. The highest BCUT2D eigenvalue weighted by Gasteiger charge is 2.36. The highest BCUT2D eigenvalue weighted by Crippen LogP contribution is 2.17. The second-order valence-electron chi connectivity index (χ2n) is 4.00. The van der Waals surface area contributed by atoms with Gasteiger partial charge in [-0.25, -0.2) is 0 Å². The van der Waals surface area contributed by atoms with Crippen molar-refractivity contribution in [2.75, 3.05) is 13.2 Å². The molecule has 0 spiro atoms. The summed E-state index contributed by atoms with van der Waals surface area (Å²) in [6.07, 6.45) is 0.138. The Morgan fingerprint density at radius 3 is 2.76 bits per heavy atom. The van der Waals surface area contributed by atoms with Crippen LogP contribution in [0.15, 0.2) is 0 Å². The molecule has 3 amide bonds. The van der Waals surface area contributed by atoms with Crippen molar-refractivity contribution in [2.24, 2.45) is 0 Å². The summed E-state index contributed by atoms with van der Waals surface area (Å²) in [6, 6.07) is -0.329. The van der Waals surface area contributed by atoms with Crippen molar-refractivity contribution in [1.82, 2.24) is 10.2 Å². The van der Waals surface area contributed by atoms with Crippen LogP contribution in [0.3, 0.4) is 0 Å². The smallest absolute Gasteiger partial charge is 0.242 e. The predicted molar refractivity (Wildman–Crippen MR) is 63.4 cm³/mol. The third kappa shape index (κ3) is 3.71. The standard InChI is InChI=1S/C10H16N2O4S/c1-6(5-13)11-8(14)2-3-12-9(15)4-7(17)10(12)16/h6-7,13,17H,2-5H2,1H3,(H,11,14). The lowest BCUT2D eigenvalue weighted by Crippen LogP contribution is -2.39. The molecular weight excluding hydrogens is 244 g/mol. The minimum absolute atomic E-state index is 0.0440. The number of rotatable bonds is 5. The first kappa shape index (κ1) is 14.0. The van der Waals surface area contributed by atoms with E-state index in [4.69, 9.17) is 5.11 Å². The van der Waals surface area contributed by atoms with Crippen LogP contribution in [0, 0.1) is 0 Å². The van der Waals surface area contributed by atoms with E-state index >= 15 is 0 Å². The summed E-state index contributed by atoms with van der Waals surface area (Å²) >= 11 is 3.98. The van der Waals surface area contributed by atoms with Gasteiger partial charge in [-0.15, -0.1) is 0 Å². The van der Waals surface area contributed by atoms with Crippen molar-refractivity contribution in [3.8, 4) is 0 Å². The Kier molecular flexibility index (Phi) is 4.95. The van der Waals surface area contributed by atoms with Crippen molar-refractivity contribution < 1.29 is 19.5 Å². The van der Waals surface area contributed by atoms with E-state index in [2.05, 4.69) is 17.9 Å². The number of imide groups is 1. The number of aliphatic hydroxyl groups excluding tert-OH is 1. The van der Waals surface area contributed by atoms with E-state index in [9.17, 15) is 14.4 Å². The van der Waals surface area contributed by atoms with Gasteiger partial charge < -0.3 is 10.4 Å². The maximum atomic E-state index is 11.5. The first-order valence-electron chi connectivity index (χ1n) is 5.38. The van der Waals surface area contributed by atoms with Gasteiger partial charge in [0.15, 0.2) is 0 Å². The molecular formula is C10H16N2O4S. The molecule has 96 valence electrons. The van der Waals surface area contributed by atoms with Crippen LogP contribution in [0.5, 0.6) is 0 Å². The number of carbonyl (C=O) groups is 3. The molecule has 1 heterocycles. The number of amides is 3. The lowest BCUT2D eigenvalue weighted by molar-refractivity contribution is -0.138. The summed E-state index contributed by atoms with van der Waals surface area (Å²) in [5.41, 5.74) is 0. The zero-order chi connectivity index (χ0) is 13.0. The number of hydrogen-bond donors (Lipinski definition) is 3. The third-order valence-corrected chi connectivity index (χ3v) is 2.87. The topological polar surface area (TPSA) is 86.7 Å². The normalized spacial score (nSPS) is 21.8. The molecule has 0 radical (unpaired) electrons. The minimum Gasteiger partial charge on any atom is -0.394 e. The number of hydrogen-bond acceptors (Lipinski definition) is 5. The van der Waals surface area contributed by atoms with E-state index in [0.29, 0.717) is 0 Å². The van der Waals surface area contributed by atoms with E-state index in [-0.39, 0.29) is 49.8 Å². The van der Waals surface area contributed by atoms with Crippen LogP contribution in [0.2, 0.25) is 0 Å². The Morgan fingerprint density at radius 2 is 2.29 bits per heavy atom. The molecule has 17 heavy (non-hydrogen) atoms. The second kappa shape index (κ2) is 6.02. The SMILES string of the molecule is CC(CO)NC(=O)CCN1C(=O)CC(S)C1=O. The van der Waals surface area contributed by atoms with Gasteiger partial charge in [0.25, 0.3) is 0 Å².